The van der Waals surface area contributed by atoms with Crippen molar-refractivity contribution in [2.24, 2.45) is 0 Å². The van der Waals surface area contributed by atoms with Crippen LogP contribution in [0.4, 0.5) is 19.0 Å². The van der Waals surface area contributed by atoms with Gasteiger partial charge in [-0.1, -0.05) is 6.07 Å². The van der Waals surface area contributed by atoms with Crippen molar-refractivity contribution < 1.29 is 13.2 Å². The van der Waals surface area contributed by atoms with Crippen molar-refractivity contribution in [3.05, 3.63) is 52.5 Å². The number of pyridine rings is 1. The molecule has 4 rings (SSSR count). The van der Waals surface area contributed by atoms with Crippen molar-refractivity contribution in [3.63, 3.8) is 0 Å². The van der Waals surface area contributed by atoms with Crippen molar-refractivity contribution >= 4 is 27.4 Å². The summed E-state index contributed by atoms with van der Waals surface area (Å²) in [6.45, 7) is 0.463. The van der Waals surface area contributed by atoms with E-state index in [9.17, 15) is 13.2 Å². The Morgan fingerprint density at radius 1 is 1.34 bits per heavy atom. The third-order valence-electron chi connectivity index (χ3n) is 5.59. The molecule has 0 amide bonds. The third kappa shape index (κ3) is 3.95. The summed E-state index contributed by atoms with van der Waals surface area (Å²) in [6.07, 6.45) is 1.78. The average Bonchev–Trinajstić information content (AvgIpc) is 3.29. The Bertz CT molecular complexity index is 1010. The Kier molecular flexibility index (Phi) is 5.24. The van der Waals surface area contributed by atoms with Gasteiger partial charge in [-0.05, 0) is 53.9 Å². The molecule has 154 valence electrons. The summed E-state index contributed by atoms with van der Waals surface area (Å²) in [5.74, 6) is 0.254. The van der Waals surface area contributed by atoms with Crippen LogP contribution in [0.3, 0.4) is 0 Å². The fraction of sp³-hybridized carbons (Fsp3) is 0.421. The van der Waals surface area contributed by atoms with E-state index in [2.05, 4.69) is 41.6 Å². The second kappa shape index (κ2) is 7.56. The van der Waals surface area contributed by atoms with Crippen LogP contribution < -0.4 is 10.6 Å². The topological polar surface area (TPSA) is 67.1 Å². The predicted octanol–water partition coefficient (Wildman–Crippen LogP) is 4.03. The predicted molar refractivity (Wildman–Crippen MR) is 107 cm³/mol. The lowest BCUT2D eigenvalue weighted by Crippen LogP contribution is -2.35. The lowest BCUT2D eigenvalue weighted by atomic mass is 9.79. The number of fused-ring (bicyclic) bond motifs is 1. The summed E-state index contributed by atoms with van der Waals surface area (Å²) >= 11 is 3.22. The highest BCUT2D eigenvalue weighted by atomic mass is 79.9. The number of alkyl halides is 3. The van der Waals surface area contributed by atoms with Crippen molar-refractivity contribution in [1.29, 1.82) is 0 Å². The quantitative estimate of drug-likeness (QED) is 0.591. The summed E-state index contributed by atoms with van der Waals surface area (Å²) in [7, 11) is 1.93. The molecule has 1 aliphatic rings. The number of hydrogen-bond donors (Lipinski definition) is 2. The van der Waals surface area contributed by atoms with Gasteiger partial charge < -0.3 is 10.6 Å². The summed E-state index contributed by atoms with van der Waals surface area (Å²) in [4.78, 5) is 7.94. The molecule has 0 aromatic carbocycles. The van der Waals surface area contributed by atoms with E-state index >= 15 is 0 Å². The molecule has 0 aliphatic heterocycles. The molecular weight excluding hydrogens is 449 g/mol. The minimum Gasteiger partial charge on any atom is -0.369 e. The maximum atomic E-state index is 13.3. The first-order valence-corrected chi connectivity index (χ1v) is 10.1. The van der Waals surface area contributed by atoms with Crippen LogP contribution >= 0.6 is 15.9 Å². The molecule has 0 radical (unpaired) electrons. The molecule has 1 saturated carbocycles. The number of aromatic nitrogens is 4. The van der Waals surface area contributed by atoms with Gasteiger partial charge in [-0.2, -0.15) is 22.8 Å². The molecule has 0 unspecified atom stereocenters. The highest BCUT2D eigenvalue weighted by molar-refractivity contribution is 9.10. The number of hydrogen-bond acceptors (Lipinski definition) is 5. The molecule has 3 aromatic heterocycles. The van der Waals surface area contributed by atoms with Gasteiger partial charge >= 0.3 is 6.18 Å². The molecule has 3 heterocycles. The number of anilines is 1. The molecule has 0 bridgehead atoms. The summed E-state index contributed by atoms with van der Waals surface area (Å²) < 4.78 is 41.8. The van der Waals surface area contributed by atoms with Crippen LogP contribution in [-0.4, -0.2) is 39.2 Å². The van der Waals surface area contributed by atoms with Gasteiger partial charge in [0.25, 0.3) is 0 Å². The molecule has 10 heteroatoms. The first-order chi connectivity index (χ1) is 13.8. The van der Waals surface area contributed by atoms with E-state index in [4.69, 9.17) is 0 Å². The van der Waals surface area contributed by atoms with Crippen molar-refractivity contribution in [2.45, 2.75) is 36.9 Å². The van der Waals surface area contributed by atoms with Crippen LogP contribution in [0, 0.1) is 0 Å². The lowest BCUT2D eigenvalue weighted by molar-refractivity contribution is -0.141. The average molecular weight is 469 g/mol. The van der Waals surface area contributed by atoms with Crippen LogP contribution in [0.1, 0.15) is 30.5 Å². The molecular formula is C19H20BrF3N6. The highest BCUT2D eigenvalue weighted by Gasteiger charge is 2.40. The van der Waals surface area contributed by atoms with Crippen molar-refractivity contribution in [2.75, 3.05) is 18.9 Å². The highest BCUT2D eigenvalue weighted by Crippen LogP contribution is 2.41. The Hall–Kier alpha value is -2.20. The first-order valence-electron chi connectivity index (χ1n) is 9.26. The van der Waals surface area contributed by atoms with E-state index in [1.54, 1.807) is 6.20 Å². The lowest BCUT2D eigenvalue weighted by Gasteiger charge is -2.30. The zero-order chi connectivity index (χ0) is 20.6. The molecule has 6 nitrogen and oxygen atoms in total. The van der Waals surface area contributed by atoms with Crippen molar-refractivity contribution in [1.82, 2.24) is 24.9 Å². The van der Waals surface area contributed by atoms with E-state index in [-0.39, 0.29) is 16.9 Å². The fourth-order valence-corrected chi connectivity index (χ4v) is 4.41. The smallest absolute Gasteiger partial charge is 0.369 e. The first kappa shape index (κ1) is 20.1. The van der Waals surface area contributed by atoms with Gasteiger partial charge in [-0.3, -0.25) is 4.98 Å². The van der Waals surface area contributed by atoms with E-state index in [1.807, 2.05) is 25.4 Å². The van der Waals surface area contributed by atoms with E-state index in [0.29, 0.717) is 17.2 Å². The summed E-state index contributed by atoms with van der Waals surface area (Å²) in [6, 6.07) is 6.73. The Morgan fingerprint density at radius 3 is 2.83 bits per heavy atom. The number of rotatable bonds is 5. The maximum Gasteiger partial charge on any atom is 0.433 e. The number of nitrogens with one attached hydrogen (secondary N) is 2. The molecule has 2 N–H and O–H groups in total. The molecule has 1 aliphatic carbocycles. The van der Waals surface area contributed by atoms with Crippen LogP contribution in [0.25, 0.3) is 5.65 Å². The van der Waals surface area contributed by atoms with Gasteiger partial charge in [0.15, 0.2) is 11.3 Å². The normalized spacial score (nSPS) is 22.3. The molecule has 29 heavy (non-hydrogen) atoms. The zero-order valence-corrected chi connectivity index (χ0v) is 17.3. The Balaban J connectivity index is 1.70. The Morgan fingerprint density at radius 2 is 2.17 bits per heavy atom. The molecule has 2 atom stereocenters. The maximum absolute atomic E-state index is 13.3. The largest absolute Gasteiger partial charge is 0.433 e. The second-order valence-electron chi connectivity index (χ2n) is 7.37. The van der Waals surface area contributed by atoms with E-state index < -0.39 is 11.9 Å². The SMILES string of the molecule is CN[C@H]1CC[C@](CNc2cc(C(F)(F)F)nc3cc(Br)nn23)(c2cccnc2)C1. The van der Waals surface area contributed by atoms with Gasteiger partial charge in [-0.25, -0.2) is 4.98 Å². The second-order valence-corrected chi connectivity index (χ2v) is 8.18. The van der Waals surface area contributed by atoms with Crippen molar-refractivity contribution in [3.8, 4) is 0 Å². The summed E-state index contributed by atoms with van der Waals surface area (Å²) in [5, 5.41) is 10.8. The zero-order valence-electron chi connectivity index (χ0n) is 15.7. The van der Waals surface area contributed by atoms with Crippen LogP contribution in [-0.2, 0) is 11.6 Å². The van der Waals surface area contributed by atoms with Gasteiger partial charge in [0.1, 0.15) is 10.4 Å². The summed E-state index contributed by atoms with van der Waals surface area (Å²) in [5.41, 5.74) is 0.0209. The number of halogens is 4. The number of nitrogens with zero attached hydrogens (tertiary/aromatic N) is 4. The molecule has 1 fully saturated rings. The minimum atomic E-state index is -4.54. The molecule has 0 saturated heterocycles. The van der Waals surface area contributed by atoms with Crippen LogP contribution in [0.5, 0.6) is 0 Å². The van der Waals surface area contributed by atoms with Gasteiger partial charge in [0.2, 0.25) is 0 Å². The van der Waals surface area contributed by atoms with Crippen LogP contribution in [0.2, 0.25) is 0 Å². The minimum absolute atomic E-state index is 0.129. The van der Waals surface area contributed by atoms with Gasteiger partial charge in [0.05, 0.1) is 0 Å². The fourth-order valence-electron chi connectivity index (χ4n) is 4.05. The van der Waals surface area contributed by atoms with Crippen LogP contribution in [0.15, 0.2) is 41.3 Å². The molecule has 0 spiro atoms. The molecule has 3 aromatic rings. The van der Waals surface area contributed by atoms with Gasteiger partial charge in [-0.15, -0.1) is 0 Å². The monoisotopic (exact) mass is 468 g/mol. The van der Waals surface area contributed by atoms with Gasteiger partial charge in [0, 0.05) is 42.5 Å². The van der Waals surface area contributed by atoms with E-state index in [0.717, 1.165) is 30.9 Å². The Labute approximate surface area is 174 Å². The third-order valence-corrected chi connectivity index (χ3v) is 5.97. The standard InChI is InChI=1S/C19H20BrF3N6/c1-24-13-4-5-18(9-13,12-3-2-6-25-10-12)11-26-16-7-14(19(21,22)23)27-17-8-15(20)28-29(16)17/h2-3,6-8,10,13,24,26H,4-5,9,11H2,1H3/t13-,18-/m0/s1. The van der Waals surface area contributed by atoms with E-state index in [1.165, 1.54) is 10.6 Å².